The number of piperidine rings is 2. The minimum atomic E-state index is 0.344. The number of furan rings is 1. The molecule has 3 heteroatoms. The smallest absolute Gasteiger partial charge is 0.134 e. The Hall–Kier alpha value is -1.48. The molecule has 4 heterocycles. The van der Waals surface area contributed by atoms with Gasteiger partial charge in [-0.2, -0.15) is 0 Å². The van der Waals surface area contributed by atoms with E-state index in [-0.39, 0.29) is 0 Å². The van der Waals surface area contributed by atoms with Crippen LogP contribution in [-0.2, 0) is 6.42 Å². The van der Waals surface area contributed by atoms with Gasteiger partial charge in [0.25, 0.3) is 0 Å². The molecule has 0 spiro atoms. The highest BCUT2D eigenvalue weighted by molar-refractivity contribution is 5.84. The van der Waals surface area contributed by atoms with Crippen molar-refractivity contribution in [1.82, 2.24) is 4.90 Å². The van der Waals surface area contributed by atoms with Gasteiger partial charge in [-0.25, -0.2) is 0 Å². The topological polar surface area (TPSA) is 36.6 Å². The van der Waals surface area contributed by atoms with Crippen LogP contribution in [0.4, 0.5) is 0 Å². The maximum Gasteiger partial charge on any atom is 0.134 e. The maximum absolute atomic E-state index is 9.94. The van der Waals surface area contributed by atoms with Crippen LogP contribution in [0.25, 0.3) is 11.0 Å². The molecule has 1 N–H and O–H groups in total. The first kappa shape index (κ1) is 14.8. The molecule has 4 aliphatic rings. The molecule has 0 radical (unpaired) electrons. The number of aromatic hydroxyl groups is 1. The lowest BCUT2D eigenvalue weighted by Crippen LogP contribution is -2.58. The minimum absolute atomic E-state index is 0.344. The van der Waals surface area contributed by atoms with Crippen LogP contribution in [0.15, 0.2) is 22.6 Å². The van der Waals surface area contributed by atoms with Crippen molar-refractivity contribution in [2.45, 2.75) is 64.0 Å². The zero-order valence-electron chi connectivity index (χ0n) is 14.7. The number of rotatable bonds is 2. The number of hydrogen-bond acceptors (Lipinski definition) is 3. The summed E-state index contributed by atoms with van der Waals surface area (Å²) in [6.45, 7) is 5.98. The van der Waals surface area contributed by atoms with Crippen LogP contribution < -0.4 is 0 Å². The lowest BCUT2D eigenvalue weighted by molar-refractivity contribution is -0.0400. The van der Waals surface area contributed by atoms with E-state index in [2.05, 4.69) is 18.7 Å². The second kappa shape index (κ2) is 5.26. The van der Waals surface area contributed by atoms with Gasteiger partial charge in [-0.3, -0.25) is 4.90 Å². The number of benzene rings is 1. The monoisotopic (exact) mass is 325 g/mol. The fraction of sp³-hybridized carbons (Fsp3) is 0.619. The van der Waals surface area contributed by atoms with Crippen molar-refractivity contribution in [1.29, 1.82) is 0 Å². The largest absolute Gasteiger partial charge is 0.508 e. The summed E-state index contributed by atoms with van der Waals surface area (Å²) in [7, 11) is 0. The Bertz CT molecular complexity index is 779. The van der Waals surface area contributed by atoms with Crippen LogP contribution in [0.5, 0.6) is 5.75 Å². The van der Waals surface area contributed by atoms with Crippen LogP contribution >= 0.6 is 0 Å². The van der Waals surface area contributed by atoms with Gasteiger partial charge in [-0.05, 0) is 62.6 Å². The van der Waals surface area contributed by atoms with E-state index in [1.54, 1.807) is 6.07 Å². The van der Waals surface area contributed by atoms with Crippen molar-refractivity contribution >= 4 is 11.0 Å². The zero-order valence-corrected chi connectivity index (χ0v) is 14.7. The minimum Gasteiger partial charge on any atom is -0.508 e. The van der Waals surface area contributed by atoms with E-state index in [0.717, 1.165) is 29.2 Å². The Morgan fingerprint density at radius 3 is 3.00 bits per heavy atom. The van der Waals surface area contributed by atoms with Crippen LogP contribution in [0.3, 0.4) is 0 Å². The Labute approximate surface area is 143 Å². The van der Waals surface area contributed by atoms with Crippen molar-refractivity contribution in [2.24, 2.45) is 11.8 Å². The van der Waals surface area contributed by atoms with Gasteiger partial charge in [0.1, 0.15) is 17.1 Å². The molecule has 1 aromatic carbocycles. The summed E-state index contributed by atoms with van der Waals surface area (Å²) in [6, 6.07) is 6.79. The molecule has 1 aromatic heterocycles. The van der Waals surface area contributed by atoms with Crippen molar-refractivity contribution in [3.63, 3.8) is 0 Å². The summed E-state index contributed by atoms with van der Waals surface area (Å²) in [5.74, 6) is 3.77. The first-order valence-corrected chi connectivity index (χ1v) is 9.65. The summed E-state index contributed by atoms with van der Waals surface area (Å²) in [5.41, 5.74) is 2.32. The van der Waals surface area contributed by atoms with Gasteiger partial charge >= 0.3 is 0 Å². The highest BCUT2D eigenvalue weighted by Gasteiger charge is 2.51. The highest BCUT2D eigenvalue weighted by Crippen LogP contribution is 2.53. The first-order valence-electron chi connectivity index (χ1n) is 9.65. The lowest BCUT2D eigenvalue weighted by atomic mass is 9.65. The van der Waals surface area contributed by atoms with Crippen molar-refractivity contribution < 1.29 is 9.52 Å². The number of phenols is 1. The standard InChI is InChI=1S/C21H27NO2/c1-3-4-14-8-13-9-18-20(14)22(11-13)12(2)7-17-16-10-15(23)5-6-19(16)24-21(17)18/h5-6,10,12-14,18,20,23H,3-4,7-9,11H2,1-2H3/t12-,13+,14+,18-,20?/m1/s1. The van der Waals surface area contributed by atoms with E-state index >= 15 is 0 Å². The molecule has 1 saturated carbocycles. The molecule has 2 unspecified atom stereocenters. The first-order chi connectivity index (χ1) is 11.7. The molecule has 1 aliphatic carbocycles. The van der Waals surface area contributed by atoms with Gasteiger partial charge < -0.3 is 9.52 Å². The molecular formula is C21H27NO2. The third kappa shape index (κ3) is 2.00. The molecule has 6 rings (SSSR count). The van der Waals surface area contributed by atoms with Gasteiger partial charge in [-0.15, -0.1) is 0 Å². The quantitative estimate of drug-likeness (QED) is 0.871. The van der Waals surface area contributed by atoms with Gasteiger partial charge in [0.2, 0.25) is 0 Å². The number of hydrogen-bond donors (Lipinski definition) is 1. The molecule has 24 heavy (non-hydrogen) atoms. The molecule has 3 nitrogen and oxygen atoms in total. The molecule has 3 aliphatic heterocycles. The summed E-state index contributed by atoms with van der Waals surface area (Å²) in [4.78, 5) is 2.80. The molecule has 0 amide bonds. The maximum atomic E-state index is 9.94. The van der Waals surface area contributed by atoms with Crippen LogP contribution in [0, 0.1) is 11.8 Å². The second-order valence-corrected chi connectivity index (χ2v) is 8.36. The normalized spacial score (nSPS) is 37.4. The van der Waals surface area contributed by atoms with Crippen LogP contribution in [0.1, 0.15) is 56.8 Å². The van der Waals surface area contributed by atoms with E-state index in [4.69, 9.17) is 4.42 Å². The number of nitrogens with zero attached hydrogens (tertiary/aromatic N) is 1. The summed E-state index contributed by atoms with van der Waals surface area (Å²) >= 11 is 0. The molecule has 6 atom stereocenters. The second-order valence-electron chi connectivity index (χ2n) is 8.36. The number of phenolic OH excluding ortho intramolecular Hbond substituents is 1. The van der Waals surface area contributed by atoms with Crippen LogP contribution in [0.2, 0.25) is 0 Å². The van der Waals surface area contributed by atoms with E-state index in [1.165, 1.54) is 43.6 Å². The average Bonchev–Trinajstić information content (AvgIpc) is 2.89. The zero-order chi connectivity index (χ0) is 16.4. The SMILES string of the molecule is CCC[C@H]1C[C@H]2C[C@H]3c4oc5ccc(O)cc5c4C[C@@H](C)N(C2)C13. The third-order valence-electron chi connectivity index (χ3n) is 6.84. The molecule has 2 aromatic rings. The van der Waals surface area contributed by atoms with Gasteiger partial charge in [0.15, 0.2) is 0 Å². The van der Waals surface area contributed by atoms with Gasteiger partial charge in [-0.1, -0.05) is 13.3 Å². The predicted octanol–water partition coefficient (Wildman–Crippen LogP) is 4.68. The molecular weight excluding hydrogens is 298 g/mol. The summed E-state index contributed by atoms with van der Waals surface area (Å²) in [5, 5.41) is 11.1. The number of fused-ring (bicyclic) bond motifs is 4. The van der Waals surface area contributed by atoms with E-state index in [0.29, 0.717) is 23.8 Å². The molecule has 128 valence electrons. The predicted molar refractivity (Wildman–Crippen MR) is 95.4 cm³/mol. The highest BCUT2D eigenvalue weighted by atomic mass is 16.3. The Morgan fingerprint density at radius 2 is 2.17 bits per heavy atom. The van der Waals surface area contributed by atoms with Gasteiger partial charge in [0.05, 0.1) is 0 Å². The molecule has 3 fully saturated rings. The summed E-state index contributed by atoms with van der Waals surface area (Å²) < 4.78 is 6.40. The van der Waals surface area contributed by atoms with Crippen LogP contribution in [-0.4, -0.2) is 28.6 Å². The Morgan fingerprint density at radius 1 is 1.29 bits per heavy atom. The lowest BCUT2D eigenvalue weighted by Gasteiger charge is -2.54. The molecule has 4 bridgehead atoms. The average molecular weight is 325 g/mol. The third-order valence-corrected chi connectivity index (χ3v) is 6.84. The fourth-order valence-electron chi connectivity index (χ4n) is 6.04. The van der Waals surface area contributed by atoms with E-state index in [9.17, 15) is 5.11 Å². The van der Waals surface area contributed by atoms with Crippen molar-refractivity contribution in [3.05, 3.63) is 29.5 Å². The van der Waals surface area contributed by atoms with Crippen molar-refractivity contribution in [2.75, 3.05) is 6.54 Å². The summed E-state index contributed by atoms with van der Waals surface area (Å²) in [6.07, 6.45) is 6.37. The Kier molecular flexibility index (Phi) is 3.25. The molecule has 2 saturated heterocycles. The fourth-order valence-corrected chi connectivity index (χ4v) is 6.04. The van der Waals surface area contributed by atoms with Gasteiger partial charge in [0, 0.05) is 35.5 Å². The van der Waals surface area contributed by atoms with Crippen molar-refractivity contribution in [3.8, 4) is 5.75 Å². The van der Waals surface area contributed by atoms with E-state index in [1.807, 2.05) is 12.1 Å². The Balaban J connectivity index is 1.67. The van der Waals surface area contributed by atoms with E-state index < -0.39 is 0 Å².